The molecule has 4 heterocycles. The van der Waals surface area contributed by atoms with Crippen LogP contribution in [-0.4, -0.2) is 79.1 Å². The standard InChI is InChI=1S/C29H44N2O4/c1-19-13-25(26(21(3)20(19)2)23-9-12-33-15-23)22-7-10-30(11-8-22)24-14-29(34-16-24)17-31(18-29)27(32)35-28(4,5)6/h13,22-24H,7-12,14-18H2,1-6H3/t23?,24-/m0/s1. The van der Waals surface area contributed by atoms with Gasteiger partial charge in [-0.1, -0.05) is 6.07 Å². The number of hydrogen-bond acceptors (Lipinski definition) is 5. The minimum Gasteiger partial charge on any atom is -0.444 e. The molecule has 6 nitrogen and oxygen atoms in total. The van der Waals surface area contributed by atoms with Crippen molar-refractivity contribution < 1.29 is 19.0 Å². The van der Waals surface area contributed by atoms with E-state index < -0.39 is 5.60 Å². The third-order valence-electron chi connectivity index (χ3n) is 8.86. The Labute approximate surface area is 211 Å². The number of likely N-dealkylation sites (tertiary alicyclic amines) is 2. The lowest BCUT2D eigenvalue weighted by atomic mass is 9.78. The molecule has 5 rings (SSSR count). The smallest absolute Gasteiger partial charge is 0.410 e. The highest BCUT2D eigenvalue weighted by molar-refractivity contribution is 5.69. The van der Waals surface area contributed by atoms with Crippen LogP contribution in [0.5, 0.6) is 0 Å². The summed E-state index contributed by atoms with van der Waals surface area (Å²) in [5, 5.41) is 0. The molecule has 4 saturated heterocycles. The fourth-order valence-corrected chi connectivity index (χ4v) is 6.73. The first kappa shape index (κ1) is 25.0. The van der Waals surface area contributed by atoms with Crippen molar-refractivity contribution >= 4 is 6.09 Å². The summed E-state index contributed by atoms with van der Waals surface area (Å²) in [5.74, 6) is 1.18. The lowest BCUT2D eigenvalue weighted by Gasteiger charge is -2.47. The Hall–Kier alpha value is -1.63. The van der Waals surface area contributed by atoms with Crippen molar-refractivity contribution in [3.63, 3.8) is 0 Å². The van der Waals surface area contributed by atoms with Gasteiger partial charge in [0, 0.05) is 18.6 Å². The summed E-state index contributed by atoms with van der Waals surface area (Å²) in [4.78, 5) is 16.8. The number of benzene rings is 1. The van der Waals surface area contributed by atoms with Crippen molar-refractivity contribution in [1.29, 1.82) is 0 Å². The first-order chi connectivity index (χ1) is 16.6. The second-order valence-electron chi connectivity index (χ2n) is 12.5. The number of hydrogen-bond donors (Lipinski definition) is 0. The highest BCUT2D eigenvalue weighted by Gasteiger charge is 2.53. The molecule has 0 N–H and O–H groups in total. The molecule has 194 valence electrons. The van der Waals surface area contributed by atoms with Gasteiger partial charge in [-0.25, -0.2) is 4.79 Å². The largest absolute Gasteiger partial charge is 0.444 e. The second kappa shape index (κ2) is 9.35. The molecule has 0 aromatic heterocycles. The van der Waals surface area contributed by atoms with Crippen LogP contribution in [0.15, 0.2) is 6.07 Å². The third kappa shape index (κ3) is 4.99. The first-order valence-electron chi connectivity index (χ1n) is 13.6. The zero-order chi connectivity index (χ0) is 25.0. The average molecular weight is 485 g/mol. The van der Waals surface area contributed by atoms with Gasteiger partial charge < -0.3 is 19.1 Å². The molecule has 0 aliphatic carbocycles. The molecular formula is C29H44N2O4. The minimum absolute atomic E-state index is 0.167. The van der Waals surface area contributed by atoms with Crippen LogP contribution in [0.3, 0.4) is 0 Å². The topological polar surface area (TPSA) is 51.2 Å². The number of piperidine rings is 1. The molecule has 2 atom stereocenters. The Balaban J connectivity index is 1.19. The van der Waals surface area contributed by atoms with E-state index in [0.29, 0.717) is 31.0 Å². The van der Waals surface area contributed by atoms with Crippen LogP contribution in [0.2, 0.25) is 0 Å². The molecule has 0 radical (unpaired) electrons. The summed E-state index contributed by atoms with van der Waals surface area (Å²) in [7, 11) is 0. The van der Waals surface area contributed by atoms with Gasteiger partial charge in [0.25, 0.3) is 0 Å². The van der Waals surface area contributed by atoms with E-state index >= 15 is 0 Å². The average Bonchev–Trinajstić information content (AvgIpc) is 3.46. The van der Waals surface area contributed by atoms with Gasteiger partial charge in [0.2, 0.25) is 0 Å². The predicted molar refractivity (Wildman–Crippen MR) is 137 cm³/mol. The van der Waals surface area contributed by atoms with Crippen molar-refractivity contribution in [3.8, 4) is 0 Å². The van der Waals surface area contributed by atoms with E-state index in [1.54, 1.807) is 16.0 Å². The first-order valence-corrected chi connectivity index (χ1v) is 13.6. The summed E-state index contributed by atoms with van der Waals surface area (Å²) in [5.41, 5.74) is 6.91. The summed E-state index contributed by atoms with van der Waals surface area (Å²) >= 11 is 0. The van der Waals surface area contributed by atoms with E-state index in [2.05, 4.69) is 31.7 Å². The number of carbonyl (C=O) groups is 1. The van der Waals surface area contributed by atoms with Crippen LogP contribution in [0.4, 0.5) is 4.79 Å². The van der Waals surface area contributed by atoms with Gasteiger partial charge in [-0.2, -0.15) is 0 Å². The van der Waals surface area contributed by atoms with E-state index in [0.717, 1.165) is 45.8 Å². The molecular weight excluding hydrogens is 440 g/mol. The third-order valence-corrected chi connectivity index (χ3v) is 8.86. The van der Waals surface area contributed by atoms with Gasteiger partial charge in [0.15, 0.2) is 0 Å². The molecule has 35 heavy (non-hydrogen) atoms. The van der Waals surface area contributed by atoms with Gasteiger partial charge >= 0.3 is 6.09 Å². The van der Waals surface area contributed by atoms with E-state index in [9.17, 15) is 4.79 Å². The summed E-state index contributed by atoms with van der Waals surface area (Å²) in [6.07, 6.45) is 4.36. The van der Waals surface area contributed by atoms with Crippen molar-refractivity contribution in [2.24, 2.45) is 0 Å². The zero-order valence-electron chi connectivity index (χ0n) is 22.6. The fraction of sp³-hybridized carbons (Fsp3) is 0.759. The van der Waals surface area contributed by atoms with Gasteiger partial charge in [-0.15, -0.1) is 0 Å². The maximum Gasteiger partial charge on any atom is 0.410 e. The number of aryl methyl sites for hydroxylation is 1. The Bertz CT molecular complexity index is 948. The molecule has 1 spiro atoms. The fourth-order valence-electron chi connectivity index (χ4n) is 6.73. The Kier molecular flexibility index (Phi) is 6.69. The molecule has 1 aromatic carbocycles. The van der Waals surface area contributed by atoms with Crippen LogP contribution >= 0.6 is 0 Å². The van der Waals surface area contributed by atoms with Gasteiger partial charge in [0.1, 0.15) is 11.2 Å². The number of nitrogens with zero attached hydrogens (tertiary/aromatic N) is 2. The van der Waals surface area contributed by atoms with Crippen LogP contribution in [0.25, 0.3) is 0 Å². The van der Waals surface area contributed by atoms with Crippen molar-refractivity contribution in [2.45, 2.75) is 96.3 Å². The molecule has 6 heteroatoms. The summed E-state index contributed by atoms with van der Waals surface area (Å²) in [6.45, 7) is 18.7. The summed E-state index contributed by atoms with van der Waals surface area (Å²) < 4.78 is 17.6. The van der Waals surface area contributed by atoms with Gasteiger partial charge in [0.05, 0.1) is 26.3 Å². The van der Waals surface area contributed by atoms with Crippen molar-refractivity contribution in [2.75, 3.05) is 46.0 Å². The number of carbonyl (C=O) groups excluding carboxylic acids is 1. The summed E-state index contributed by atoms with van der Waals surface area (Å²) in [6, 6.07) is 2.95. The Morgan fingerprint density at radius 1 is 1.03 bits per heavy atom. The Morgan fingerprint density at radius 2 is 1.74 bits per heavy atom. The Morgan fingerprint density at radius 3 is 2.37 bits per heavy atom. The molecule has 1 unspecified atom stereocenters. The van der Waals surface area contributed by atoms with E-state index in [-0.39, 0.29) is 11.7 Å². The highest BCUT2D eigenvalue weighted by Crippen LogP contribution is 2.42. The van der Waals surface area contributed by atoms with Crippen LogP contribution in [0.1, 0.15) is 86.1 Å². The quantitative estimate of drug-likeness (QED) is 0.599. The lowest BCUT2D eigenvalue weighted by molar-refractivity contribution is -0.109. The second-order valence-corrected chi connectivity index (χ2v) is 12.5. The molecule has 0 bridgehead atoms. The van der Waals surface area contributed by atoms with E-state index in [4.69, 9.17) is 14.2 Å². The normalized spacial score (nSPS) is 27.4. The van der Waals surface area contributed by atoms with Gasteiger partial charge in [-0.05, 0) is 114 Å². The highest BCUT2D eigenvalue weighted by atomic mass is 16.6. The monoisotopic (exact) mass is 484 g/mol. The number of amides is 1. The number of rotatable bonds is 3. The molecule has 0 saturated carbocycles. The van der Waals surface area contributed by atoms with Crippen LogP contribution in [-0.2, 0) is 14.2 Å². The molecule has 4 aliphatic heterocycles. The van der Waals surface area contributed by atoms with Crippen LogP contribution in [0, 0.1) is 20.8 Å². The van der Waals surface area contributed by atoms with Crippen LogP contribution < -0.4 is 0 Å². The predicted octanol–water partition coefficient (Wildman–Crippen LogP) is 5.07. The SMILES string of the molecule is Cc1cc(C2CCN([C@@H]3COC4(C3)CN(C(=O)OC(C)(C)C)C4)CC2)c(C2CCOC2)c(C)c1C. The maximum atomic E-state index is 12.4. The van der Waals surface area contributed by atoms with E-state index in [1.807, 2.05) is 20.8 Å². The zero-order valence-corrected chi connectivity index (χ0v) is 22.6. The van der Waals surface area contributed by atoms with Gasteiger partial charge in [-0.3, -0.25) is 4.90 Å². The minimum atomic E-state index is -0.456. The number of ether oxygens (including phenoxy) is 3. The molecule has 4 fully saturated rings. The maximum absolute atomic E-state index is 12.4. The lowest BCUT2D eigenvalue weighted by Crippen LogP contribution is -2.64. The molecule has 1 amide bonds. The molecule has 4 aliphatic rings. The van der Waals surface area contributed by atoms with E-state index in [1.165, 1.54) is 29.5 Å². The van der Waals surface area contributed by atoms with Crippen molar-refractivity contribution in [1.82, 2.24) is 9.80 Å². The molecule has 1 aromatic rings. The van der Waals surface area contributed by atoms with Crippen molar-refractivity contribution in [3.05, 3.63) is 33.9 Å².